The summed E-state index contributed by atoms with van der Waals surface area (Å²) in [6, 6.07) is 0. The molecular weight excluding hydrogens is 148 g/mol. The largest absolute Gasteiger partial charge is 0.378 e. The third-order valence-corrected chi connectivity index (χ3v) is 2.49. The van der Waals surface area contributed by atoms with Crippen molar-refractivity contribution < 1.29 is 4.74 Å². The third kappa shape index (κ3) is 3.57. The van der Waals surface area contributed by atoms with Crippen LogP contribution < -0.4 is 0 Å². The summed E-state index contributed by atoms with van der Waals surface area (Å²) in [4.78, 5) is 0. The molecule has 1 nitrogen and oxygen atoms in total. The first kappa shape index (κ1) is 10.0. The Kier molecular flexibility index (Phi) is 3.16. The molecule has 0 spiro atoms. The van der Waals surface area contributed by atoms with Gasteiger partial charge in [0, 0.05) is 6.61 Å². The van der Waals surface area contributed by atoms with E-state index in [1.807, 2.05) is 0 Å². The van der Waals surface area contributed by atoms with Crippen LogP contribution in [0.4, 0.5) is 0 Å². The smallest absolute Gasteiger partial charge is 0.0549 e. The number of rotatable bonds is 1. The molecule has 72 valence electrons. The van der Waals surface area contributed by atoms with Gasteiger partial charge in [-0.15, -0.1) is 0 Å². The van der Waals surface area contributed by atoms with Crippen LogP contribution in [0.1, 0.15) is 47.0 Å². The standard InChI is InChI=1S/C11H22O/c1-9-7-10(5-6-12-9)8-11(2,3)4/h9-10H,5-8H2,1-4H3/t9-,10?/m1/s1. The molecule has 1 fully saturated rings. The predicted octanol–water partition coefficient (Wildman–Crippen LogP) is 3.24. The molecule has 0 radical (unpaired) electrons. The van der Waals surface area contributed by atoms with E-state index in [4.69, 9.17) is 4.74 Å². The zero-order valence-electron chi connectivity index (χ0n) is 8.89. The van der Waals surface area contributed by atoms with Gasteiger partial charge in [0.1, 0.15) is 0 Å². The fraction of sp³-hybridized carbons (Fsp3) is 1.00. The highest BCUT2D eigenvalue weighted by atomic mass is 16.5. The minimum absolute atomic E-state index is 0.488. The molecule has 0 amide bonds. The lowest BCUT2D eigenvalue weighted by molar-refractivity contribution is -0.00604. The maximum absolute atomic E-state index is 5.52. The van der Waals surface area contributed by atoms with Crippen molar-refractivity contribution >= 4 is 0 Å². The van der Waals surface area contributed by atoms with Gasteiger partial charge >= 0.3 is 0 Å². The quantitative estimate of drug-likeness (QED) is 0.587. The molecule has 1 rings (SSSR count). The van der Waals surface area contributed by atoms with Crippen LogP contribution in [0.2, 0.25) is 0 Å². The van der Waals surface area contributed by atoms with Crippen molar-refractivity contribution in [3.05, 3.63) is 0 Å². The highest BCUT2D eigenvalue weighted by Gasteiger charge is 2.23. The van der Waals surface area contributed by atoms with E-state index in [9.17, 15) is 0 Å². The molecule has 0 aromatic carbocycles. The fourth-order valence-corrected chi connectivity index (χ4v) is 2.14. The fourth-order valence-electron chi connectivity index (χ4n) is 2.14. The van der Waals surface area contributed by atoms with Crippen molar-refractivity contribution in [1.29, 1.82) is 0 Å². The minimum atomic E-state index is 0.488. The molecule has 0 aliphatic carbocycles. The second kappa shape index (κ2) is 3.78. The summed E-state index contributed by atoms with van der Waals surface area (Å²) in [5, 5.41) is 0. The summed E-state index contributed by atoms with van der Waals surface area (Å²) < 4.78 is 5.52. The maximum Gasteiger partial charge on any atom is 0.0549 e. The lowest BCUT2D eigenvalue weighted by Crippen LogP contribution is -2.26. The molecule has 1 aliphatic heterocycles. The van der Waals surface area contributed by atoms with Gasteiger partial charge < -0.3 is 4.74 Å². The second-order valence-corrected chi connectivity index (χ2v) is 5.34. The Bertz CT molecular complexity index is 134. The molecule has 1 heteroatoms. The SMILES string of the molecule is C[C@@H]1CC(CC(C)(C)C)CCO1. The maximum atomic E-state index is 5.52. The van der Waals surface area contributed by atoms with Crippen LogP contribution in [-0.4, -0.2) is 12.7 Å². The number of ether oxygens (including phenoxy) is 1. The van der Waals surface area contributed by atoms with Crippen molar-refractivity contribution in [2.45, 2.75) is 53.1 Å². The molecular formula is C11H22O. The van der Waals surface area contributed by atoms with E-state index in [2.05, 4.69) is 27.7 Å². The summed E-state index contributed by atoms with van der Waals surface area (Å²) in [5.41, 5.74) is 0.488. The van der Waals surface area contributed by atoms with E-state index in [1.54, 1.807) is 0 Å². The highest BCUT2D eigenvalue weighted by molar-refractivity contribution is 4.74. The molecule has 0 saturated carbocycles. The van der Waals surface area contributed by atoms with Gasteiger partial charge in [0.05, 0.1) is 6.10 Å². The summed E-state index contributed by atoms with van der Waals surface area (Å²) in [6.07, 6.45) is 4.37. The van der Waals surface area contributed by atoms with Gasteiger partial charge in [0.2, 0.25) is 0 Å². The third-order valence-electron chi connectivity index (χ3n) is 2.49. The van der Waals surface area contributed by atoms with Crippen molar-refractivity contribution in [1.82, 2.24) is 0 Å². The molecule has 2 atom stereocenters. The molecule has 12 heavy (non-hydrogen) atoms. The average molecular weight is 170 g/mol. The van der Waals surface area contributed by atoms with Gasteiger partial charge in [-0.2, -0.15) is 0 Å². The number of hydrogen-bond donors (Lipinski definition) is 0. The van der Waals surface area contributed by atoms with Gasteiger partial charge in [-0.3, -0.25) is 0 Å². The first-order valence-corrected chi connectivity index (χ1v) is 5.09. The topological polar surface area (TPSA) is 9.23 Å². The monoisotopic (exact) mass is 170 g/mol. The van der Waals surface area contributed by atoms with Crippen molar-refractivity contribution in [2.75, 3.05) is 6.61 Å². The second-order valence-electron chi connectivity index (χ2n) is 5.34. The summed E-state index contributed by atoms with van der Waals surface area (Å²) in [7, 11) is 0. The van der Waals surface area contributed by atoms with Gasteiger partial charge in [0.25, 0.3) is 0 Å². The van der Waals surface area contributed by atoms with E-state index >= 15 is 0 Å². The molecule has 0 bridgehead atoms. The molecule has 1 saturated heterocycles. The summed E-state index contributed by atoms with van der Waals surface area (Å²) in [5.74, 6) is 0.897. The van der Waals surface area contributed by atoms with E-state index in [1.165, 1.54) is 19.3 Å². The van der Waals surface area contributed by atoms with Gasteiger partial charge in [-0.25, -0.2) is 0 Å². The van der Waals surface area contributed by atoms with Crippen molar-refractivity contribution in [3.63, 3.8) is 0 Å². The Morgan fingerprint density at radius 1 is 1.33 bits per heavy atom. The Hall–Kier alpha value is -0.0400. The van der Waals surface area contributed by atoms with Crippen LogP contribution in [0.5, 0.6) is 0 Å². The normalized spacial score (nSPS) is 32.0. The van der Waals surface area contributed by atoms with Gasteiger partial charge in [-0.1, -0.05) is 20.8 Å². The van der Waals surface area contributed by atoms with Gasteiger partial charge in [-0.05, 0) is 37.5 Å². The molecule has 0 aromatic rings. The number of hydrogen-bond acceptors (Lipinski definition) is 1. The lowest BCUT2D eigenvalue weighted by Gasteiger charge is -2.31. The van der Waals surface area contributed by atoms with Crippen LogP contribution in [-0.2, 0) is 4.74 Å². The predicted molar refractivity (Wildman–Crippen MR) is 52.2 cm³/mol. The van der Waals surface area contributed by atoms with Crippen LogP contribution in [0.3, 0.4) is 0 Å². The van der Waals surface area contributed by atoms with E-state index in [-0.39, 0.29) is 0 Å². The zero-order chi connectivity index (χ0) is 9.19. The molecule has 1 aliphatic rings. The molecule has 0 N–H and O–H groups in total. The van der Waals surface area contributed by atoms with Crippen LogP contribution >= 0.6 is 0 Å². The van der Waals surface area contributed by atoms with Crippen molar-refractivity contribution in [3.8, 4) is 0 Å². The lowest BCUT2D eigenvalue weighted by atomic mass is 9.80. The van der Waals surface area contributed by atoms with Crippen molar-refractivity contribution in [2.24, 2.45) is 11.3 Å². The molecule has 1 unspecified atom stereocenters. The molecule has 1 heterocycles. The summed E-state index contributed by atoms with van der Waals surface area (Å²) in [6.45, 7) is 10.1. The first-order chi connectivity index (χ1) is 5.47. The van der Waals surface area contributed by atoms with E-state index in [0.29, 0.717) is 11.5 Å². The van der Waals surface area contributed by atoms with Crippen LogP contribution in [0, 0.1) is 11.3 Å². The van der Waals surface area contributed by atoms with E-state index in [0.717, 1.165) is 12.5 Å². The Labute approximate surface area is 76.5 Å². The van der Waals surface area contributed by atoms with Crippen LogP contribution in [0.25, 0.3) is 0 Å². The Morgan fingerprint density at radius 3 is 2.50 bits per heavy atom. The highest BCUT2D eigenvalue weighted by Crippen LogP contribution is 2.31. The molecule has 0 aromatic heterocycles. The Balaban J connectivity index is 2.32. The average Bonchev–Trinajstić information content (AvgIpc) is 1.82. The minimum Gasteiger partial charge on any atom is -0.378 e. The Morgan fingerprint density at radius 2 is 2.00 bits per heavy atom. The van der Waals surface area contributed by atoms with E-state index < -0.39 is 0 Å². The van der Waals surface area contributed by atoms with Gasteiger partial charge in [0.15, 0.2) is 0 Å². The summed E-state index contributed by atoms with van der Waals surface area (Å²) >= 11 is 0. The zero-order valence-corrected chi connectivity index (χ0v) is 8.89. The first-order valence-electron chi connectivity index (χ1n) is 5.09. The van der Waals surface area contributed by atoms with Crippen LogP contribution in [0.15, 0.2) is 0 Å².